The van der Waals surface area contributed by atoms with Gasteiger partial charge in [0, 0.05) is 17.8 Å². The molecular weight excluding hydrogens is 272 g/mol. The number of rotatable bonds is 3. The van der Waals surface area contributed by atoms with Gasteiger partial charge < -0.3 is 5.32 Å². The Morgan fingerprint density at radius 2 is 1.80 bits per heavy atom. The molecule has 2 aliphatic heterocycles. The maximum atomic E-state index is 12.6. The number of nitrogens with zero attached hydrogens (tertiary/aromatic N) is 1. The Hall–Kier alpha value is -0.550. The Morgan fingerprint density at radius 1 is 1.05 bits per heavy atom. The molecule has 2 amide bonds. The van der Waals surface area contributed by atoms with Crippen molar-refractivity contribution in [2.24, 2.45) is 0 Å². The van der Waals surface area contributed by atoms with Gasteiger partial charge in [0.1, 0.15) is 0 Å². The van der Waals surface area contributed by atoms with Crippen molar-refractivity contribution < 1.29 is 9.59 Å². The molecule has 1 saturated carbocycles. The summed E-state index contributed by atoms with van der Waals surface area (Å²) < 4.78 is 0. The van der Waals surface area contributed by atoms with Gasteiger partial charge in [-0.2, -0.15) is 11.8 Å². The fourth-order valence-electron chi connectivity index (χ4n) is 3.63. The quantitative estimate of drug-likeness (QED) is 0.639. The molecule has 0 aromatic heterocycles. The lowest BCUT2D eigenvalue weighted by atomic mass is 10.1. The Morgan fingerprint density at radius 3 is 2.45 bits per heavy atom. The minimum absolute atomic E-state index is 0.0406. The van der Waals surface area contributed by atoms with E-state index in [9.17, 15) is 9.59 Å². The molecule has 0 spiro atoms. The van der Waals surface area contributed by atoms with Crippen molar-refractivity contribution in [1.82, 2.24) is 10.2 Å². The standard InChI is InChI=1S/C15H24N2O2S/c18-14-9-13(16-11-7-8-20-10-11)15(19)17(14)12-5-3-1-2-4-6-12/h11-13,16H,1-10H2. The summed E-state index contributed by atoms with van der Waals surface area (Å²) in [6.07, 6.45) is 8.29. The highest BCUT2D eigenvalue weighted by molar-refractivity contribution is 7.99. The molecule has 0 bridgehead atoms. The summed E-state index contributed by atoms with van der Waals surface area (Å²) in [6, 6.07) is 0.326. The van der Waals surface area contributed by atoms with Gasteiger partial charge in [-0.15, -0.1) is 0 Å². The normalized spacial score (nSPS) is 32.9. The summed E-state index contributed by atoms with van der Waals surface area (Å²) in [4.78, 5) is 26.4. The molecule has 3 rings (SSSR count). The van der Waals surface area contributed by atoms with Crippen LogP contribution in [-0.4, -0.2) is 46.3 Å². The van der Waals surface area contributed by atoms with E-state index in [0.29, 0.717) is 12.5 Å². The van der Waals surface area contributed by atoms with Gasteiger partial charge in [-0.05, 0) is 25.0 Å². The van der Waals surface area contributed by atoms with Crippen LogP contribution in [0.5, 0.6) is 0 Å². The van der Waals surface area contributed by atoms with Crippen LogP contribution in [0.4, 0.5) is 0 Å². The zero-order chi connectivity index (χ0) is 13.9. The first kappa shape index (κ1) is 14.4. The summed E-state index contributed by atoms with van der Waals surface area (Å²) in [5.74, 6) is 2.32. The Kier molecular flexibility index (Phi) is 4.66. The third-order valence-electron chi connectivity index (χ3n) is 4.74. The van der Waals surface area contributed by atoms with Crippen LogP contribution in [0.2, 0.25) is 0 Å². The first-order chi connectivity index (χ1) is 9.75. The number of amides is 2. The molecule has 4 nitrogen and oxygen atoms in total. The fraction of sp³-hybridized carbons (Fsp3) is 0.867. The molecule has 112 valence electrons. The van der Waals surface area contributed by atoms with Crippen molar-refractivity contribution in [2.45, 2.75) is 69.5 Å². The molecule has 0 radical (unpaired) electrons. The van der Waals surface area contributed by atoms with E-state index in [1.165, 1.54) is 18.6 Å². The lowest BCUT2D eigenvalue weighted by Gasteiger charge is -2.25. The van der Waals surface area contributed by atoms with Gasteiger partial charge in [-0.25, -0.2) is 0 Å². The number of carbonyl (C=O) groups is 2. The highest BCUT2D eigenvalue weighted by atomic mass is 32.2. The van der Waals surface area contributed by atoms with E-state index in [1.54, 1.807) is 4.90 Å². The van der Waals surface area contributed by atoms with Gasteiger partial charge in [-0.1, -0.05) is 25.7 Å². The second-order valence-electron chi connectivity index (χ2n) is 6.23. The van der Waals surface area contributed by atoms with E-state index in [-0.39, 0.29) is 23.9 Å². The molecule has 2 heterocycles. The number of carbonyl (C=O) groups excluding carboxylic acids is 2. The van der Waals surface area contributed by atoms with Crippen LogP contribution in [-0.2, 0) is 9.59 Å². The average molecular weight is 296 g/mol. The van der Waals surface area contributed by atoms with Gasteiger partial charge in [0.15, 0.2) is 0 Å². The lowest BCUT2D eigenvalue weighted by molar-refractivity contribution is -0.141. The van der Waals surface area contributed by atoms with Crippen LogP contribution in [0.3, 0.4) is 0 Å². The maximum absolute atomic E-state index is 12.6. The SMILES string of the molecule is O=C1CC(NC2CCSC2)C(=O)N1C1CCCCCC1. The van der Waals surface area contributed by atoms with Crippen LogP contribution >= 0.6 is 11.8 Å². The van der Waals surface area contributed by atoms with E-state index < -0.39 is 0 Å². The smallest absolute Gasteiger partial charge is 0.247 e. The van der Waals surface area contributed by atoms with Crippen LogP contribution in [0.1, 0.15) is 51.4 Å². The Labute approximate surface area is 125 Å². The molecule has 2 saturated heterocycles. The van der Waals surface area contributed by atoms with Crippen molar-refractivity contribution in [2.75, 3.05) is 11.5 Å². The number of hydrogen-bond acceptors (Lipinski definition) is 4. The topological polar surface area (TPSA) is 49.4 Å². The highest BCUT2D eigenvalue weighted by Crippen LogP contribution is 2.27. The van der Waals surface area contributed by atoms with Crippen molar-refractivity contribution >= 4 is 23.6 Å². The molecule has 5 heteroatoms. The van der Waals surface area contributed by atoms with Crippen LogP contribution < -0.4 is 5.32 Å². The zero-order valence-electron chi connectivity index (χ0n) is 12.0. The molecule has 1 aliphatic carbocycles. The highest BCUT2D eigenvalue weighted by Gasteiger charge is 2.42. The first-order valence-corrected chi connectivity index (χ1v) is 9.11. The van der Waals surface area contributed by atoms with E-state index in [4.69, 9.17) is 0 Å². The Balaban J connectivity index is 1.63. The predicted octanol–water partition coefficient (Wildman–Crippen LogP) is 1.93. The predicted molar refractivity (Wildman–Crippen MR) is 80.6 cm³/mol. The van der Waals surface area contributed by atoms with Crippen molar-refractivity contribution in [3.05, 3.63) is 0 Å². The molecule has 2 unspecified atom stereocenters. The third kappa shape index (κ3) is 3.03. The van der Waals surface area contributed by atoms with Crippen LogP contribution in [0.15, 0.2) is 0 Å². The molecule has 2 atom stereocenters. The van der Waals surface area contributed by atoms with Gasteiger partial charge in [0.05, 0.1) is 12.5 Å². The fourth-order valence-corrected chi connectivity index (χ4v) is 4.80. The van der Waals surface area contributed by atoms with E-state index in [2.05, 4.69) is 5.32 Å². The summed E-state index contributed by atoms with van der Waals surface area (Å²) >= 11 is 1.93. The molecule has 3 aliphatic rings. The van der Waals surface area contributed by atoms with Crippen LogP contribution in [0, 0.1) is 0 Å². The number of thioether (sulfide) groups is 1. The molecular formula is C15H24N2O2S. The summed E-state index contributed by atoms with van der Waals surface area (Å²) in [6.45, 7) is 0. The maximum Gasteiger partial charge on any atom is 0.247 e. The van der Waals surface area contributed by atoms with Gasteiger partial charge in [0.25, 0.3) is 0 Å². The minimum Gasteiger partial charge on any atom is -0.302 e. The first-order valence-electron chi connectivity index (χ1n) is 7.95. The van der Waals surface area contributed by atoms with Crippen molar-refractivity contribution in [3.8, 4) is 0 Å². The average Bonchev–Trinajstić information content (AvgIpc) is 2.92. The molecule has 1 N–H and O–H groups in total. The summed E-state index contributed by atoms with van der Waals surface area (Å²) in [7, 11) is 0. The van der Waals surface area contributed by atoms with E-state index in [1.807, 2.05) is 11.8 Å². The Bertz CT molecular complexity index is 374. The summed E-state index contributed by atoms with van der Waals surface area (Å²) in [5, 5.41) is 3.41. The largest absolute Gasteiger partial charge is 0.302 e. The van der Waals surface area contributed by atoms with Gasteiger partial charge >= 0.3 is 0 Å². The number of imide groups is 1. The second-order valence-corrected chi connectivity index (χ2v) is 7.38. The van der Waals surface area contributed by atoms with Crippen molar-refractivity contribution in [1.29, 1.82) is 0 Å². The molecule has 20 heavy (non-hydrogen) atoms. The van der Waals surface area contributed by atoms with Gasteiger partial charge in [0.2, 0.25) is 11.8 Å². The van der Waals surface area contributed by atoms with E-state index >= 15 is 0 Å². The second kappa shape index (κ2) is 6.48. The van der Waals surface area contributed by atoms with Gasteiger partial charge in [-0.3, -0.25) is 14.5 Å². The molecule has 0 aromatic rings. The lowest BCUT2D eigenvalue weighted by Crippen LogP contribution is -2.46. The molecule has 0 aromatic carbocycles. The third-order valence-corrected chi connectivity index (χ3v) is 5.90. The number of likely N-dealkylation sites (tertiary alicyclic amines) is 1. The summed E-state index contributed by atoms with van der Waals surface area (Å²) in [5.41, 5.74) is 0. The van der Waals surface area contributed by atoms with Crippen LogP contribution in [0.25, 0.3) is 0 Å². The van der Waals surface area contributed by atoms with Crippen molar-refractivity contribution in [3.63, 3.8) is 0 Å². The number of hydrogen-bond donors (Lipinski definition) is 1. The zero-order valence-corrected chi connectivity index (χ0v) is 12.8. The number of nitrogens with one attached hydrogen (secondary N) is 1. The van der Waals surface area contributed by atoms with E-state index in [0.717, 1.165) is 37.9 Å². The monoisotopic (exact) mass is 296 g/mol. The minimum atomic E-state index is -0.255. The molecule has 3 fully saturated rings.